The molecule has 1 atom stereocenters. The van der Waals surface area contributed by atoms with Gasteiger partial charge in [0.15, 0.2) is 5.13 Å². The number of hydrogen-bond donors (Lipinski definition) is 3. The van der Waals surface area contributed by atoms with Crippen LogP contribution in [0.3, 0.4) is 0 Å². The fourth-order valence-electron chi connectivity index (χ4n) is 2.02. The second kappa shape index (κ2) is 9.56. The molecule has 9 heteroatoms. The third kappa shape index (κ3) is 6.93. The molecule has 1 unspecified atom stereocenters. The Morgan fingerprint density at radius 3 is 2.50 bits per heavy atom. The molecular weight excluding hydrogens is 371 g/mol. The minimum Gasteiger partial charge on any atom is -0.351 e. The second-order valence-electron chi connectivity index (χ2n) is 6.77. The van der Waals surface area contributed by atoms with Crippen molar-refractivity contribution in [3.63, 3.8) is 0 Å². The van der Waals surface area contributed by atoms with E-state index in [1.54, 1.807) is 5.38 Å². The lowest BCUT2D eigenvalue weighted by Crippen LogP contribution is -2.42. The number of halogens is 2. The van der Waals surface area contributed by atoms with Crippen LogP contribution in [0.2, 0.25) is 0 Å². The highest BCUT2D eigenvalue weighted by molar-refractivity contribution is 7.13. The van der Waals surface area contributed by atoms with Gasteiger partial charge in [0.25, 0.3) is 0 Å². The molecule has 1 aliphatic rings. The Bertz CT molecular complexity index is 556. The summed E-state index contributed by atoms with van der Waals surface area (Å²) in [6.07, 6.45) is 2.49. The first kappa shape index (κ1) is 23.1. The Hall–Kier alpha value is -0.890. The van der Waals surface area contributed by atoms with Crippen molar-refractivity contribution in [3.8, 4) is 0 Å². The summed E-state index contributed by atoms with van der Waals surface area (Å²) in [5.41, 5.74) is 5.87. The third-order valence-corrected chi connectivity index (χ3v) is 4.39. The highest BCUT2D eigenvalue weighted by Gasteiger charge is 2.31. The molecule has 0 radical (unpaired) electrons. The van der Waals surface area contributed by atoms with E-state index >= 15 is 0 Å². The van der Waals surface area contributed by atoms with Crippen molar-refractivity contribution in [1.82, 2.24) is 10.3 Å². The molecule has 1 aliphatic carbocycles. The zero-order valence-electron chi connectivity index (χ0n) is 14.1. The number of nitrogens with two attached hydrogens (primary N) is 1. The van der Waals surface area contributed by atoms with Gasteiger partial charge < -0.3 is 16.4 Å². The summed E-state index contributed by atoms with van der Waals surface area (Å²) < 4.78 is 0. The van der Waals surface area contributed by atoms with Gasteiger partial charge in [-0.3, -0.25) is 9.59 Å². The number of nitrogens with one attached hydrogen (secondary N) is 2. The van der Waals surface area contributed by atoms with Crippen LogP contribution in [0.15, 0.2) is 5.38 Å². The summed E-state index contributed by atoms with van der Waals surface area (Å²) in [5, 5.41) is 8.06. The monoisotopic (exact) mass is 396 g/mol. The zero-order valence-corrected chi connectivity index (χ0v) is 16.6. The van der Waals surface area contributed by atoms with Gasteiger partial charge >= 0.3 is 0 Å². The topological polar surface area (TPSA) is 97.1 Å². The fourth-order valence-corrected chi connectivity index (χ4v) is 2.73. The minimum atomic E-state index is -0.470. The molecule has 1 aromatic heterocycles. The number of nitrogens with zero attached hydrogens (tertiary/aromatic N) is 1. The Kier molecular flexibility index (Phi) is 9.20. The predicted octanol–water partition coefficient (Wildman–Crippen LogP) is 2.37. The lowest BCUT2D eigenvalue weighted by molar-refractivity contribution is -0.123. The van der Waals surface area contributed by atoms with Crippen LogP contribution in [0.5, 0.6) is 0 Å². The van der Waals surface area contributed by atoms with E-state index in [0.29, 0.717) is 23.3 Å². The van der Waals surface area contributed by atoms with Crippen LogP contribution in [0, 0.1) is 11.3 Å². The Morgan fingerprint density at radius 2 is 2.00 bits per heavy atom. The van der Waals surface area contributed by atoms with E-state index in [1.807, 2.05) is 20.8 Å². The van der Waals surface area contributed by atoms with Crippen LogP contribution in [0.1, 0.15) is 39.3 Å². The van der Waals surface area contributed by atoms with Crippen LogP contribution in [-0.2, 0) is 16.0 Å². The molecule has 6 nitrogen and oxygen atoms in total. The number of anilines is 1. The van der Waals surface area contributed by atoms with Gasteiger partial charge in [-0.25, -0.2) is 4.98 Å². The molecule has 1 heterocycles. The number of hydrogen-bond acceptors (Lipinski definition) is 5. The van der Waals surface area contributed by atoms with E-state index in [0.717, 1.165) is 12.8 Å². The van der Waals surface area contributed by atoms with Gasteiger partial charge in [0.05, 0.1) is 12.1 Å². The maximum Gasteiger partial charge on any atom is 0.231 e. The van der Waals surface area contributed by atoms with E-state index < -0.39 is 5.41 Å². The third-order valence-electron chi connectivity index (χ3n) is 3.59. The molecule has 138 valence electrons. The molecule has 2 rings (SSSR count). The van der Waals surface area contributed by atoms with Crippen molar-refractivity contribution in [3.05, 3.63) is 11.1 Å². The van der Waals surface area contributed by atoms with E-state index in [-0.39, 0.29) is 49.1 Å². The number of amides is 2. The molecule has 1 saturated carbocycles. The molecular formula is C15H26Cl2N4O2S. The maximum absolute atomic E-state index is 12.0. The Balaban J connectivity index is 0.00000264. The molecule has 24 heavy (non-hydrogen) atoms. The van der Waals surface area contributed by atoms with Crippen LogP contribution in [-0.4, -0.2) is 29.4 Å². The summed E-state index contributed by atoms with van der Waals surface area (Å²) in [4.78, 5) is 28.2. The maximum atomic E-state index is 12.0. The van der Waals surface area contributed by atoms with Gasteiger partial charge in [0, 0.05) is 23.4 Å². The second-order valence-corrected chi connectivity index (χ2v) is 7.63. The number of carbonyl (C=O) groups excluding carboxylic acids is 2. The number of rotatable bonds is 6. The SMILES string of the molecule is CC(C)(C)C(=O)Nc1nc(CC(=O)NC(CN)C2CC2)cs1.Cl.Cl. The molecule has 0 aliphatic heterocycles. The smallest absolute Gasteiger partial charge is 0.231 e. The van der Waals surface area contributed by atoms with Gasteiger partial charge in [-0.2, -0.15) is 0 Å². The highest BCUT2D eigenvalue weighted by Crippen LogP contribution is 2.32. The summed E-state index contributed by atoms with van der Waals surface area (Å²) in [5.74, 6) is 0.377. The van der Waals surface area contributed by atoms with Crippen molar-refractivity contribution in [2.45, 2.75) is 46.1 Å². The molecule has 4 N–H and O–H groups in total. The van der Waals surface area contributed by atoms with Crippen LogP contribution < -0.4 is 16.4 Å². The summed E-state index contributed by atoms with van der Waals surface area (Å²) in [6.45, 7) is 6.00. The van der Waals surface area contributed by atoms with Gasteiger partial charge in [-0.15, -0.1) is 36.2 Å². The minimum absolute atomic E-state index is 0. The Morgan fingerprint density at radius 1 is 1.38 bits per heavy atom. The number of aromatic nitrogens is 1. The first-order chi connectivity index (χ1) is 10.3. The van der Waals surface area contributed by atoms with Gasteiger partial charge in [0.2, 0.25) is 11.8 Å². The first-order valence-corrected chi connectivity index (χ1v) is 8.43. The van der Waals surface area contributed by atoms with E-state index in [4.69, 9.17) is 5.73 Å². The van der Waals surface area contributed by atoms with Gasteiger partial charge in [-0.05, 0) is 18.8 Å². The normalized spacial score (nSPS) is 14.8. The van der Waals surface area contributed by atoms with Gasteiger partial charge in [-0.1, -0.05) is 20.8 Å². The molecule has 2 amide bonds. The van der Waals surface area contributed by atoms with Crippen LogP contribution in [0.25, 0.3) is 0 Å². The molecule has 1 aromatic rings. The summed E-state index contributed by atoms with van der Waals surface area (Å²) in [7, 11) is 0. The van der Waals surface area contributed by atoms with Crippen LogP contribution >= 0.6 is 36.2 Å². The van der Waals surface area contributed by atoms with E-state index in [1.165, 1.54) is 11.3 Å². The fraction of sp³-hybridized carbons (Fsp3) is 0.667. The standard InChI is InChI=1S/C15H24N4O2S.2ClH/c1-15(2,3)13(21)19-14-17-10(8-22-14)6-12(20)18-11(7-16)9-4-5-9;;/h8-9,11H,4-7,16H2,1-3H3,(H,18,20)(H,17,19,21);2*1H. The largest absolute Gasteiger partial charge is 0.351 e. The first-order valence-electron chi connectivity index (χ1n) is 7.55. The van der Waals surface area contributed by atoms with Crippen molar-refractivity contribution in [2.24, 2.45) is 17.1 Å². The number of thiazole rings is 1. The van der Waals surface area contributed by atoms with Crippen molar-refractivity contribution in [2.75, 3.05) is 11.9 Å². The summed E-state index contributed by atoms with van der Waals surface area (Å²) >= 11 is 1.33. The molecule has 0 bridgehead atoms. The zero-order chi connectivity index (χ0) is 16.3. The Labute approximate surface area is 159 Å². The van der Waals surface area contributed by atoms with Crippen molar-refractivity contribution >= 4 is 53.1 Å². The van der Waals surface area contributed by atoms with Gasteiger partial charge in [0.1, 0.15) is 0 Å². The molecule has 0 spiro atoms. The quantitative estimate of drug-likeness (QED) is 0.687. The molecule has 1 fully saturated rings. The van der Waals surface area contributed by atoms with E-state index in [2.05, 4.69) is 15.6 Å². The lowest BCUT2D eigenvalue weighted by atomic mass is 9.96. The predicted molar refractivity (Wildman–Crippen MR) is 102 cm³/mol. The average molecular weight is 397 g/mol. The average Bonchev–Trinajstić information content (AvgIpc) is 3.17. The highest BCUT2D eigenvalue weighted by atomic mass is 35.5. The summed E-state index contributed by atoms with van der Waals surface area (Å²) in [6, 6.07) is 0.0752. The molecule has 0 saturated heterocycles. The van der Waals surface area contributed by atoms with Crippen molar-refractivity contribution in [1.29, 1.82) is 0 Å². The van der Waals surface area contributed by atoms with Crippen molar-refractivity contribution < 1.29 is 9.59 Å². The van der Waals surface area contributed by atoms with Crippen LogP contribution in [0.4, 0.5) is 5.13 Å². The van der Waals surface area contributed by atoms with E-state index in [9.17, 15) is 9.59 Å². The molecule has 0 aromatic carbocycles. The lowest BCUT2D eigenvalue weighted by Gasteiger charge is -2.16. The number of carbonyl (C=O) groups is 2.